The molecule has 0 aromatic carbocycles. The fourth-order valence-corrected chi connectivity index (χ4v) is 0.694. The molecule has 0 aliphatic heterocycles. The Hall–Kier alpha value is -0.960. The Balaban J connectivity index is 3.04. The van der Waals surface area contributed by atoms with Gasteiger partial charge in [-0.15, -0.1) is 0 Å². The SMILES string of the molecule is CNc1cc(N)c(Cl)cn1. The van der Waals surface area contributed by atoms with Gasteiger partial charge in [0.2, 0.25) is 0 Å². The third kappa shape index (κ3) is 1.30. The Morgan fingerprint density at radius 1 is 1.70 bits per heavy atom. The van der Waals surface area contributed by atoms with Gasteiger partial charge in [-0.1, -0.05) is 11.6 Å². The molecular formula is C6H8ClN3. The molecule has 0 amide bonds. The zero-order chi connectivity index (χ0) is 7.56. The summed E-state index contributed by atoms with van der Waals surface area (Å²) in [5.41, 5.74) is 6.03. The molecule has 1 aromatic rings. The minimum atomic E-state index is 0.485. The summed E-state index contributed by atoms with van der Waals surface area (Å²) in [6, 6.07) is 1.68. The van der Waals surface area contributed by atoms with Crippen LogP contribution in [-0.4, -0.2) is 12.0 Å². The van der Waals surface area contributed by atoms with Gasteiger partial charge in [0.05, 0.1) is 10.7 Å². The third-order valence-corrected chi connectivity index (χ3v) is 1.46. The second-order valence-electron chi connectivity index (χ2n) is 1.84. The van der Waals surface area contributed by atoms with Gasteiger partial charge in [-0.2, -0.15) is 0 Å². The molecule has 0 radical (unpaired) electrons. The number of pyridine rings is 1. The van der Waals surface area contributed by atoms with E-state index in [1.807, 2.05) is 0 Å². The molecule has 0 atom stereocenters. The Labute approximate surface area is 64.2 Å². The van der Waals surface area contributed by atoms with E-state index >= 15 is 0 Å². The van der Waals surface area contributed by atoms with E-state index in [-0.39, 0.29) is 0 Å². The highest BCUT2D eigenvalue weighted by molar-refractivity contribution is 6.32. The maximum atomic E-state index is 5.62. The normalized spacial score (nSPS) is 9.40. The molecule has 0 saturated carbocycles. The fourth-order valence-electron chi connectivity index (χ4n) is 0.591. The van der Waals surface area contributed by atoms with Gasteiger partial charge in [-0.3, -0.25) is 0 Å². The first-order valence-electron chi connectivity index (χ1n) is 2.83. The van der Waals surface area contributed by atoms with E-state index < -0.39 is 0 Å². The lowest BCUT2D eigenvalue weighted by Crippen LogP contribution is -1.94. The number of anilines is 2. The van der Waals surface area contributed by atoms with Gasteiger partial charge in [0.25, 0.3) is 0 Å². The van der Waals surface area contributed by atoms with Crippen LogP contribution in [0.15, 0.2) is 12.3 Å². The Morgan fingerprint density at radius 3 is 2.90 bits per heavy atom. The van der Waals surface area contributed by atoms with Crippen molar-refractivity contribution in [1.82, 2.24) is 4.98 Å². The minimum absolute atomic E-state index is 0.485. The van der Waals surface area contributed by atoms with Gasteiger partial charge in [0.1, 0.15) is 5.82 Å². The molecule has 3 nitrogen and oxygen atoms in total. The standard InChI is InChI=1S/C6H8ClN3/c1-9-6-2-5(8)4(7)3-10-6/h2-3H,1H3,(H3,8,9,10). The van der Waals surface area contributed by atoms with E-state index in [0.29, 0.717) is 10.7 Å². The van der Waals surface area contributed by atoms with Crippen molar-refractivity contribution in [3.8, 4) is 0 Å². The molecule has 0 bridgehead atoms. The molecule has 0 fully saturated rings. The summed E-state index contributed by atoms with van der Waals surface area (Å²) in [4.78, 5) is 3.93. The molecule has 0 aliphatic rings. The van der Waals surface area contributed by atoms with Gasteiger partial charge < -0.3 is 11.1 Å². The molecular weight excluding hydrogens is 150 g/mol. The number of aromatic nitrogens is 1. The summed E-state index contributed by atoms with van der Waals surface area (Å²) in [7, 11) is 1.77. The fraction of sp³-hybridized carbons (Fsp3) is 0.167. The summed E-state index contributed by atoms with van der Waals surface area (Å²) >= 11 is 5.62. The molecule has 10 heavy (non-hydrogen) atoms. The molecule has 1 aromatic heterocycles. The van der Waals surface area contributed by atoms with Crippen LogP contribution in [0, 0.1) is 0 Å². The van der Waals surface area contributed by atoms with Crippen molar-refractivity contribution in [3.05, 3.63) is 17.3 Å². The number of hydrogen-bond acceptors (Lipinski definition) is 3. The van der Waals surface area contributed by atoms with Crippen molar-refractivity contribution in [2.75, 3.05) is 18.1 Å². The molecule has 0 spiro atoms. The smallest absolute Gasteiger partial charge is 0.127 e. The second-order valence-corrected chi connectivity index (χ2v) is 2.25. The number of rotatable bonds is 1. The van der Waals surface area contributed by atoms with Crippen molar-refractivity contribution in [2.45, 2.75) is 0 Å². The summed E-state index contributed by atoms with van der Waals surface area (Å²) in [5.74, 6) is 0.724. The molecule has 1 heterocycles. The summed E-state index contributed by atoms with van der Waals surface area (Å²) in [6.07, 6.45) is 1.52. The van der Waals surface area contributed by atoms with Crippen LogP contribution >= 0.6 is 11.6 Å². The van der Waals surface area contributed by atoms with Crippen LogP contribution in [0.4, 0.5) is 11.5 Å². The first-order valence-corrected chi connectivity index (χ1v) is 3.20. The van der Waals surface area contributed by atoms with E-state index in [2.05, 4.69) is 10.3 Å². The van der Waals surface area contributed by atoms with E-state index in [1.54, 1.807) is 13.1 Å². The highest BCUT2D eigenvalue weighted by Gasteiger charge is 1.95. The average molecular weight is 158 g/mol. The molecule has 1 rings (SSSR count). The van der Waals surface area contributed by atoms with Crippen LogP contribution in [-0.2, 0) is 0 Å². The first-order chi connectivity index (χ1) is 4.74. The largest absolute Gasteiger partial charge is 0.397 e. The van der Waals surface area contributed by atoms with Crippen molar-refractivity contribution in [3.63, 3.8) is 0 Å². The number of nitrogens with one attached hydrogen (secondary N) is 1. The zero-order valence-corrected chi connectivity index (χ0v) is 6.31. The van der Waals surface area contributed by atoms with Crippen molar-refractivity contribution in [1.29, 1.82) is 0 Å². The predicted octanol–water partition coefficient (Wildman–Crippen LogP) is 1.36. The summed E-state index contributed by atoms with van der Waals surface area (Å²) in [6.45, 7) is 0. The maximum absolute atomic E-state index is 5.62. The molecule has 3 N–H and O–H groups in total. The number of hydrogen-bond donors (Lipinski definition) is 2. The number of nitrogen functional groups attached to an aromatic ring is 1. The van der Waals surface area contributed by atoms with Crippen molar-refractivity contribution >= 4 is 23.1 Å². The van der Waals surface area contributed by atoms with E-state index in [4.69, 9.17) is 17.3 Å². The highest BCUT2D eigenvalue weighted by atomic mass is 35.5. The first kappa shape index (κ1) is 7.15. The van der Waals surface area contributed by atoms with Crippen LogP contribution in [0.2, 0.25) is 5.02 Å². The molecule has 4 heteroatoms. The molecule has 0 saturated heterocycles. The van der Waals surface area contributed by atoms with Gasteiger partial charge in [-0.05, 0) is 0 Å². The summed E-state index contributed by atoms with van der Waals surface area (Å²) < 4.78 is 0. The van der Waals surface area contributed by atoms with Gasteiger partial charge in [0, 0.05) is 19.3 Å². The Bertz CT molecular complexity index is 236. The highest BCUT2D eigenvalue weighted by Crippen LogP contribution is 2.18. The predicted molar refractivity (Wildman–Crippen MR) is 43.2 cm³/mol. The minimum Gasteiger partial charge on any atom is -0.397 e. The second kappa shape index (κ2) is 2.75. The van der Waals surface area contributed by atoms with E-state index in [1.165, 1.54) is 6.20 Å². The molecule has 0 unspecified atom stereocenters. The van der Waals surface area contributed by atoms with Crippen LogP contribution in [0.3, 0.4) is 0 Å². The number of nitrogens with two attached hydrogens (primary N) is 1. The third-order valence-electron chi connectivity index (χ3n) is 1.14. The number of nitrogens with zero attached hydrogens (tertiary/aromatic N) is 1. The summed E-state index contributed by atoms with van der Waals surface area (Å²) in [5, 5.41) is 3.33. The Kier molecular flexibility index (Phi) is 1.97. The topological polar surface area (TPSA) is 50.9 Å². The lowest BCUT2D eigenvalue weighted by molar-refractivity contribution is 1.29. The zero-order valence-electron chi connectivity index (χ0n) is 5.56. The number of halogens is 1. The quantitative estimate of drug-likeness (QED) is 0.647. The van der Waals surface area contributed by atoms with Crippen LogP contribution in [0.25, 0.3) is 0 Å². The maximum Gasteiger partial charge on any atom is 0.127 e. The van der Waals surface area contributed by atoms with E-state index in [0.717, 1.165) is 5.82 Å². The molecule has 54 valence electrons. The lowest BCUT2D eigenvalue weighted by Gasteiger charge is -2.00. The van der Waals surface area contributed by atoms with E-state index in [9.17, 15) is 0 Å². The van der Waals surface area contributed by atoms with Crippen molar-refractivity contribution in [2.24, 2.45) is 0 Å². The monoisotopic (exact) mass is 157 g/mol. The molecule has 0 aliphatic carbocycles. The van der Waals surface area contributed by atoms with Crippen molar-refractivity contribution < 1.29 is 0 Å². The van der Waals surface area contributed by atoms with Gasteiger partial charge >= 0.3 is 0 Å². The van der Waals surface area contributed by atoms with Gasteiger partial charge in [-0.25, -0.2) is 4.98 Å². The van der Waals surface area contributed by atoms with Gasteiger partial charge in [0.15, 0.2) is 0 Å². The average Bonchev–Trinajstić information content (AvgIpc) is 1.95. The van der Waals surface area contributed by atoms with Crippen LogP contribution in [0.1, 0.15) is 0 Å². The Morgan fingerprint density at radius 2 is 2.40 bits per heavy atom. The van der Waals surface area contributed by atoms with Crippen LogP contribution < -0.4 is 11.1 Å². The lowest BCUT2D eigenvalue weighted by atomic mass is 10.4. The van der Waals surface area contributed by atoms with Crippen LogP contribution in [0.5, 0.6) is 0 Å².